The van der Waals surface area contributed by atoms with Crippen LogP contribution in [0, 0.1) is 0 Å². The first kappa shape index (κ1) is 24.2. The summed E-state index contributed by atoms with van der Waals surface area (Å²) in [5.74, 6) is -0.0998. The normalized spacial score (nSPS) is 11.8. The SMILES string of the molecule is Cn1cc2cc(Nc3nc(=O)n(Cc4nn[nH]n4)c(=O)n3Cc3ccc(C(F)(F)F)cc3)c(Cl)cc2n1. The highest BCUT2D eigenvalue weighted by Gasteiger charge is 2.30. The lowest BCUT2D eigenvalue weighted by Crippen LogP contribution is -2.43. The van der Waals surface area contributed by atoms with Gasteiger partial charge >= 0.3 is 17.6 Å². The Bertz CT molecular complexity index is 1710. The summed E-state index contributed by atoms with van der Waals surface area (Å²) in [5.41, 5.74) is -1.21. The molecule has 3 heterocycles. The molecule has 0 aliphatic carbocycles. The number of halogens is 4. The highest BCUT2D eigenvalue weighted by Crippen LogP contribution is 2.30. The largest absolute Gasteiger partial charge is 0.416 e. The zero-order chi connectivity index (χ0) is 26.3. The first-order valence-electron chi connectivity index (χ1n) is 10.6. The highest BCUT2D eigenvalue weighted by atomic mass is 35.5. The molecule has 190 valence electrons. The van der Waals surface area contributed by atoms with Gasteiger partial charge in [0, 0.05) is 18.6 Å². The molecule has 5 rings (SSSR count). The number of benzene rings is 2. The van der Waals surface area contributed by atoms with E-state index in [1.807, 2.05) is 0 Å². The van der Waals surface area contributed by atoms with E-state index in [4.69, 9.17) is 11.6 Å². The first-order chi connectivity index (χ1) is 17.6. The van der Waals surface area contributed by atoms with E-state index in [9.17, 15) is 22.8 Å². The fraction of sp³-hybridized carbons (Fsp3) is 0.190. The lowest BCUT2D eigenvalue weighted by molar-refractivity contribution is -0.137. The minimum atomic E-state index is -4.51. The molecule has 2 N–H and O–H groups in total. The molecule has 0 saturated heterocycles. The van der Waals surface area contributed by atoms with Gasteiger partial charge < -0.3 is 5.32 Å². The molecule has 12 nitrogen and oxygen atoms in total. The number of fused-ring (bicyclic) bond motifs is 1. The number of nitrogens with zero attached hydrogens (tertiary/aromatic N) is 8. The minimum Gasteiger partial charge on any atom is -0.324 e. The van der Waals surface area contributed by atoms with E-state index in [0.29, 0.717) is 16.8 Å². The molecule has 0 aliphatic rings. The minimum absolute atomic E-state index is 0.0628. The molecule has 0 spiro atoms. The zero-order valence-electron chi connectivity index (χ0n) is 18.9. The van der Waals surface area contributed by atoms with Gasteiger partial charge in [-0.05, 0) is 29.8 Å². The van der Waals surface area contributed by atoms with Crippen LogP contribution in [0.4, 0.5) is 24.8 Å². The van der Waals surface area contributed by atoms with Crippen molar-refractivity contribution in [1.82, 2.24) is 44.5 Å². The van der Waals surface area contributed by atoms with Crippen LogP contribution in [0.25, 0.3) is 10.9 Å². The van der Waals surface area contributed by atoms with E-state index in [1.165, 1.54) is 12.1 Å². The number of aromatic amines is 1. The van der Waals surface area contributed by atoms with E-state index in [2.05, 4.69) is 36.0 Å². The Labute approximate surface area is 209 Å². The van der Waals surface area contributed by atoms with Crippen LogP contribution in [0.15, 0.2) is 52.2 Å². The second-order valence-corrected chi connectivity index (χ2v) is 8.42. The smallest absolute Gasteiger partial charge is 0.324 e. The van der Waals surface area contributed by atoms with Crippen molar-refractivity contribution in [2.75, 3.05) is 5.32 Å². The van der Waals surface area contributed by atoms with E-state index in [-0.39, 0.29) is 29.9 Å². The molecule has 3 aromatic heterocycles. The Morgan fingerprint density at radius 3 is 2.51 bits per heavy atom. The molecule has 0 radical (unpaired) electrons. The van der Waals surface area contributed by atoms with Gasteiger partial charge in [0.05, 0.1) is 34.9 Å². The van der Waals surface area contributed by atoms with Crippen molar-refractivity contribution < 1.29 is 13.2 Å². The fourth-order valence-corrected chi connectivity index (χ4v) is 3.87. The first-order valence-corrected chi connectivity index (χ1v) is 11.0. The number of hydrogen-bond acceptors (Lipinski definition) is 8. The second-order valence-electron chi connectivity index (χ2n) is 8.01. The third kappa shape index (κ3) is 4.93. The van der Waals surface area contributed by atoms with Gasteiger partial charge in [-0.3, -0.25) is 9.25 Å². The highest BCUT2D eigenvalue weighted by molar-refractivity contribution is 6.34. The summed E-state index contributed by atoms with van der Waals surface area (Å²) in [7, 11) is 1.74. The van der Waals surface area contributed by atoms with Crippen LogP contribution in [0.5, 0.6) is 0 Å². The molecule has 0 amide bonds. The number of hydrogen-bond donors (Lipinski definition) is 2. The third-order valence-corrected chi connectivity index (χ3v) is 5.73. The van der Waals surface area contributed by atoms with Gasteiger partial charge in [0.1, 0.15) is 0 Å². The van der Waals surface area contributed by atoms with E-state index < -0.39 is 23.1 Å². The predicted octanol–water partition coefficient (Wildman–Crippen LogP) is 2.32. The molecule has 0 saturated carbocycles. The fourth-order valence-electron chi connectivity index (χ4n) is 3.66. The summed E-state index contributed by atoms with van der Waals surface area (Å²) in [4.78, 5) is 30.2. The number of tetrazole rings is 1. The number of aromatic nitrogens is 9. The summed E-state index contributed by atoms with van der Waals surface area (Å²) >= 11 is 6.40. The van der Waals surface area contributed by atoms with E-state index in [1.54, 1.807) is 30.1 Å². The average Bonchev–Trinajstić information content (AvgIpc) is 3.47. The summed E-state index contributed by atoms with van der Waals surface area (Å²) < 4.78 is 42.5. The maximum absolute atomic E-state index is 13.4. The van der Waals surface area contributed by atoms with E-state index in [0.717, 1.165) is 26.7 Å². The van der Waals surface area contributed by atoms with Crippen molar-refractivity contribution in [3.05, 3.63) is 85.5 Å². The number of nitrogens with one attached hydrogen (secondary N) is 2. The molecular weight excluding hydrogens is 517 g/mol. The molecule has 0 unspecified atom stereocenters. The molecule has 0 aliphatic heterocycles. The van der Waals surface area contributed by atoms with Crippen LogP contribution < -0.4 is 16.7 Å². The lowest BCUT2D eigenvalue weighted by atomic mass is 10.1. The molecule has 0 fully saturated rings. The Morgan fingerprint density at radius 2 is 1.84 bits per heavy atom. The predicted molar refractivity (Wildman–Crippen MR) is 126 cm³/mol. The van der Waals surface area contributed by atoms with Crippen molar-refractivity contribution in [3.63, 3.8) is 0 Å². The van der Waals surface area contributed by atoms with Crippen LogP contribution in [0.1, 0.15) is 17.0 Å². The van der Waals surface area contributed by atoms with Gasteiger partial charge in [-0.15, -0.1) is 10.2 Å². The number of rotatable bonds is 6. The summed E-state index contributed by atoms with van der Waals surface area (Å²) in [5, 5.41) is 21.3. The zero-order valence-corrected chi connectivity index (χ0v) is 19.6. The summed E-state index contributed by atoms with van der Waals surface area (Å²) in [6.45, 7) is -0.525. The van der Waals surface area contributed by atoms with E-state index >= 15 is 0 Å². The maximum atomic E-state index is 13.4. The number of anilines is 2. The molecule has 0 atom stereocenters. The Kier molecular flexibility index (Phi) is 5.99. The van der Waals surface area contributed by atoms with Crippen molar-refractivity contribution in [2.24, 2.45) is 7.05 Å². The Balaban J connectivity index is 1.59. The van der Waals surface area contributed by atoms with Gasteiger partial charge in [-0.1, -0.05) is 28.9 Å². The van der Waals surface area contributed by atoms with Gasteiger partial charge in [-0.2, -0.15) is 28.5 Å². The Morgan fingerprint density at radius 1 is 1.08 bits per heavy atom. The molecule has 16 heteroatoms. The summed E-state index contributed by atoms with van der Waals surface area (Å²) in [6, 6.07) is 7.57. The third-order valence-electron chi connectivity index (χ3n) is 5.41. The van der Waals surface area contributed by atoms with Crippen LogP contribution in [-0.4, -0.2) is 44.5 Å². The van der Waals surface area contributed by atoms with Crippen LogP contribution in [-0.2, 0) is 26.3 Å². The molecule has 5 aromatic rings. The summed E-state index contributed by atoms with van der Waals surface area (Å²) in [6.07, 6.45) is -2.76. The molecule has 37 heavy (non-hydrogen) atoms. The van der Waals surface area contributed by atoms with Gasteiger partial charge in [0.2, 0.25) is 5.95 Å². The van der Waals surface area contributed by atoms with Gasteiger partial charge in [0.15, 0.2) is 5.82 Å². The maximum Gasteiger partial charge on any atom is 0.416 e. The van der Waals surface area contributed by atoms with Gasteiger partial charge in [0.25, 0.3) is 0 Å². The average molecular weight is 533 g/mol. The van der Waals surface area contributed by atoms with Crippen LogP contribution >= 0.6 is 11.6 Å². The molecule has 0 bridgehead atoms. The van der Waals surface area contributed by atoms with Crippen molar-refractivity contribution in [2.45, 2.75) is 19.3 Å². The number of alkyl halides is 3. The van der Waals surface area contributed by atoms with Crippen molar-refractivity contribution >= 4 is 34.1 Å². The van der Waals surface area contributed by atoms with Gasteiger partial charge in [-0.25, -0.2) is 14.2 Å². The number of H-pyrrole nitrogens is 1. The Hall–Kier alpha value is -4.53. The van der Waals surface area contributed by atoms with Crippen molar-refractivity contribution in [1.29, 1.82) is 0 Å². The standard InChI is InChI=1S/C21H16ClF3N10O2/c1-33-9-12-6-16(14(22)7-15(12)30-33)26-18-27-19(36)35(10-17-28-31-32-29-17)20(37)34(18)8-11-2-4-13(5-3-11)21(23,24)25/h2-7,9H,8,10H2,1H3,(H,26,27,36)(H,28,29,31,32). The van der Waals surface area contributed by atoms with Crippen molar-refractivity contribution in [3.8, 4) is 0 Å². The topological polar surface area (TPSA) is 141 Å². The van der Waals surface area contributed by atoms with Crippen LogP contribution in [0.2, 0.25) is 5.02 Å². The monoisotopic (exact) mass is 532 g/mol. The quantitative estimate of drug-likeness (QED) is 0.339. The molecule has 2 aromatic carbocycles. The second kappa shape index (κ2) is 9.16. The number of aryl methyl sites for hydroxylation is 1. The van der Waals surface area contributed by atoms with Crippen LogP contribution in [0.3, 0.4) is 0 Å². The molecular formula is C21H16ClF3N10O2. The lowest BCUT2D eigenvalue weighted by Gasteiger charge is -2.16.